The van der Waals surface area contributed by atoms with Crippen LogP contribution in [0.2, 0.25) is 0 Å². The number of aryl methyl sites for hydroxylation is 1. The summed E-state index contributed by atoms with van der Waals surface area (Å²) in [6.07, 6.45) is 6.19. The van der Waals surface area contributed by atoms with Crippen LogP contribution in [0.5, 0.6) is 5.75 Å². The van der Waals surface area contributed by atoms with Gasteiger partial charge in [0.05, 0.1) is 6.61 Å². The van der Waals surface area contributed by atoms with Crippen molar-refractivity contribution in [3.05, 3.63) is 58.0 Å². The van der Waals surface area contributed by atoms with Crippen molar-refractivity contribution in [2.24, 2.45) is 0 Å². The number of pyridine rings is 1. The number of hydrogen-bond acceptors (Lipinski definition) is 5. The summed E-state index contributed by atoms with van der Waals surface area (Å²) in [5, 5.41) is 3.08. The van der Waals surface area contributed by atoms with Crippen molar-refractivity contribution in [1.29, 1.82) is 0 Å². The van der Waals surface area contributed by atoms with Gasteiger partial charge in [-0.25, -0.2) is 0 Å². The molecule has 1 fully saturated rings. The lowest BCUT2D eigenvalue weighted by Gasteiger charge is -2.20. The first kappa shape index (κ1) is 25.4. The number of aromatic amines is 1. The zero-order chi connectivity index (χ0) is 22.4. The second-order valence-electron chi connectivity index (χ2n) is 7.22. The molecule has 2 heterocycles. The van der Waals surface area contributed by atoms with Gasteiger partial charge in [-0.2, -0.15) is 0 Å². The van der Waals surface area contributed by atoms with E-state index in [1.54, 1.807) is 6.20 Å². The van der Waals surface area contributed by atoms with E-state index in [2.05, 4.69) is 47.2 Å². The standard InChI is InChI=1S/C14H21NO.C8H12N2O.C2H4O/c1-3-10-16-13-6-7-14(12(2)11-13)15-8-4-5-9-15;1-6(9-2)7-3-4-8(11)10-5-7;1-2-3/h6-7,11H,3-5,8-10H2,1-2H3;3-6,9H,1-2H3,(H,10,11);2H,1H3. The molecule has 3 rings (SSSR count). The summed E-state index contributed by atoms with van der Waals surface area (Å²) in [7, 11) is 1.88. The van der Waals surface area contributed by atoms with Crippen molar-refractivity contribution in [3.63, 3.8) is 0 Å². The Hall–Kier alpha value is -2.60. The Balaban J connectivity index is 0.000000280. The molecule has 2 aromatic rings. The van der Waals surface area contributed by atoms with Gasteiger partial charge in [-0.15, -0.1) is 0 Å². The molecule has 1 aromatic heterocycles. The van der Waals surface area contributed by atoms with Crippen LogP contribution in [0.3, 0.4) is 0 Å². The third-order valence-corrected chi connectivity index (χ3v) is 4.83. The molecule has 0 aliphatic carbocycles. The van der Waals surface area contributed by atoms with E-state index in [-0.39, 0.29) is 11.6 Å². The third-order valence-electron chi connectivity index (χ3n) is 4.83. The van der Waals surface area contributed by atoms with Gasteiger partial charge in [0, 0.05) is 37.1 Å². The number of aldehydes is 1. The topological polar surface area (TPSA) is 74.4 Å². The molecule has 30 heavy (non-hydrogen) atoms. The van der Waals surface area contributed by atoms with Gasteiger partial charge in [-0.1, -0.05) is 13.0 Å². The number of ether oxygens (including phenoxy) is 1. The highest BCUT2D eigenvalue weighted by Crippen LogP contribution is 2.27. The number of anilines is 1. The van der Waals surface area contributed by atoms with E-state index in [0.717, 1.165) is 30.6 Å². The Bertz CT molecular complexity index is 778. The van der Waals surface area contributed by atoms with Gasteiger partial charge in [0.15, 0.2) is 0 Å². The molecule has 0 bridgehead atoms. The first-order valence-corrected chi connectivity index (χ1v) is 10.7. The zero-order valence-electron chi connectivity index (χ0n) is 19.0. The van der Waals surface area contributed by atoms with E-state index in [4.69, 9.17) is 9.53 Å². The normalized spacial score (nSPS) is 13.4. The smallest absolute Gasteiger partial charge is 0.247 e. The molecule has 0 radical (unpaired) electrons. The lowest BCUT2D eigenvalue weighted by Crippen LogP contribution is -2.18. The highest BCUT2D eigenvalue weighted by atomic mass is 16.5. The number of nitrogens with zero attached hydrogens (tertiary/aromatic N) is 1. The first-order chi connectivity index (χ1) is 14.5. The van der Waals surface area contributed by atoms with Crippen molar-refractivity contribution in [2.45, 2.75) is 53.0 Å². The maximum Gasteiger partial charge on any atom is 0.247 e. The second-order valence-corrected chi connectivity index (χ2v) is 7.22. The molecule has 0 amide bonds. The summed E-state index contributed by atoms with van der Waals surface area (Å²) in [5.74, 6) is 1.00. The van der Waals surface area contributed by atoms with Gasteiger partial charge in [0.1, 0.15) is 12.0 Å². The molecule has 0 spiro atoms. The molecule has 6 nitrogen and oxygen atoms in total. The Labute approximate surface area is 180 Å². The highest BCUT2D eigenvalue weighted by Gasteiger charge is 2.14. The molecule has 0 saturated carbocycles. The number of benzene rings is 1. The average Bonchev–Trinajstić information content (AvgIpc) is 3.28. The molecule has 1 aromatic carbocycles. The SMILES string of the molecule is CC=O.CCCOc1ccc(N2CCCC2)c(C)c1.CNC(C)c1ccc(=O)[nH]c1. The lowest BCUT2D eigenvalue weighted by atomic mass is 10.1. The number of H-pyrrole nitrogens is 1. The van der Waals surface area contributed by atoms with E-state index in [1.165, 1.54) is 50.2 Å². The lowest BCUT2D eigenvalue weighted by molar-refractivity contribution is -0.106. The summed E-state index contributed by atoms with van der Waals surface area (Å²) in [6.45, 7) is 11.0. The maximum atomic E-state index is 10.7. The van der Waals surface area contributed by atoms with Crippen molar-refractivity contribution in [3.8, 4) is 5.75 Å². The first-order valence-electron chi connectivity index (χ1n) is 10.7. The Morgan fingerprint density at radius 3 is 2.40 bits per heavy atom. The van der Waals surface area contributed by atoms with Crippen molar-refractivity contribution in [1.82, 2.24) is 10.3 Å². The van der Waals surface area contributed by atoms with Gasteiger partial charge < -0.3 is 24.7 Å². The van der Waals surface area contributed by atoms with Crippen molar-refractivity contribution in [2.75, 3.05) is 31.6 Å². The number of carbonyl (C=O) groups is 1. The van der Waals surface area contributed by atoms with Crippen LogP contribution >= 0.6 is 0 Å². The quantitative estimate of drug-likeness (QED) is 0.690. The largest absolute Gasteiger partial charge is 0.494 e. The predicted molar refractivity (Wildman–Crippen MR) is 125 cm³/mol. The molecule has 1 aliphatic heterocycles. The minimum absolute atomic E-state index is 0.0583. The molecule has 1 saturated heterocycles. The predicted octanol–water partition coefficient (Wildman–Crippen LogP) is 4.24. The van der Waals surface area contributed by atoms with E-state index in [9.17, 15) is 4.79 Å². The molecular formula is C24H37N3O3. The number of rotatable bonds is 6. The second kappa shape index (κ2) is 14.4. The Morgan fingerprint density at radius 1 is 1.23 bits per heavy atom. The molecule has 2 N–H and O–H groups in total. The molecule has 166 valence electrons. The minimum atomic E-state index is -0.0583. The Morgan fingerprint density at radius 2 is 1.90 bits per heavy atom. The van der Waals surface area contributed by atoms with Crippen LogP contribution in [0, 0.1) is 6.92 Å². The van der Waals surface area contributed by atoms with Gasteiger partial charge in [0.2, 0.25) is 5.56 Å². The molecule has 1 aliphatic rings. The molecular weight excluding hydrogens is 378 g/mol. The summed E-state index contributed by atoms with van der Waals surface area (Å²) in [4.78, 5) is 24.6. The van der Waals surface area contributed by atoms with Gasteiger partial charge in [0.25, 0.3) is 0 Å². The summed E-state index contributed by atoms with van der Waals surface area (Å²) < 4.78 is 5.64. The van der Waals surface area contributed by atoms with Crippen molar-refractivity contribution < 1.29 is 9.53 Å². The number of hydrogen-bond donors (Lipinski definition) is 2. The maximum absolute atomic E-state index is 10.7. The van der Waals surface area contributed by atoms with Crippen LogP contribution in [0.1, 0.15) is 57.2 Å². The average molecular weight is 416 g/mol. The number of carbonyl (C=O) groups excluding carboxylic acids is 1. The fraction of sp³-hybridized carbons (Fsp3) is 0.500. The third kappa shape index (κ3) is 8.82. The van der Waals surface area contributed by atoms with Crippen LogP contribution in [0.15, 0.2) is 41.3 Å². The molecule has 6 heteroatoms. The van der Waals surface area contributed by atoms with E-state index < -0.39 is 0 Å². The van der Waals surface area contributed by atoms with Crippen molar-refractivity contribution >= 4 is 12.0 Å². The van der Waals surface area contributed by atoms with Gasteiger partial charge >= 0.3 is 0 Å². The number of nitrogens with one attached hydrogen (secondary N) is 2. The molecule has 1 unspecified atom stereocenters. The zero-order valence-corrected chi connectivity index (χ0v) is 19.0. The van der Waals surface area contributed by atoms with Gasteiger partial charge in [-0.3, -0.25) is 4.79 Å². The molecule has 1 atom stereocenters. The summed E-state index contributed by atoms with van der Waals surface area (Å²) >= 11 is 0. The Kier molecular flexibility index (Phi) is 12.2. The minimum Gasteiger partial charge on any atom is -0.494 e. The monoisotopic (exact) mass is 415 g/mol. The van der Waals surface area contributed by atoms with E-state index in [1.807, 2.05) is 20.0 Å². The number of aromatic nitrogens is 1. The van der Waals surface area contributed by atoms with Crippen LogP contribution < -0.4 is 20.5 Å². The van der Waals surface area contributed by atoms with E-state index in [0.29, 0.717) is 0 Å². The fourth-order valence-electron chi connectivity index (χ4n) is 3.11. The van der Waals surface area contributed by atoms with E-state index >= 15 is 0 Å². The summed E-state index contributed by atoms with van der Waals surface area (Å²) in [5.41, 5.74) is 3.74. The van der Waals surface area contributed by atoms with Crippen LogP contribution in [0.25, 0.3) is 0 Å². The fourth-order valence-corrected chi connectivity index (χ4v) is 3.11. The van der Waals surface area contributed by atoms with Crippen LogP contribution in [-0.4, -0.2) is 38.0 Å². The van der Waals surface area contributed by atoms with Gasteiger partial charge in [-0.05, 0) is 76.4 Å². The highest BCUT2D eigenvalue weighted by molar-refractivity contribution is 5.56. The summed E-state index contributed by atoms with van der Waals surface area (Å²) in [6, 6.07) is 10.1. The van der Waals surface area contributed by atoms with Crippen LogP contribution in [-0.2, 0) is 4.79 Å². The van der Waals surface area contributed by atoms with Crippen LogP contribution in [0.4, 0.5) is 5.69 Å².